The maximum Gasteiger partial charge on any atom is 0.248 e. The van der Waals surface area contributed by atoms with Gasteiger partial charge in [0.15, 0.2) is 11.6 Å². The first-order valence-corrected chi connectivity index (χ1v) is 11.0. The summed E-state index contributed by atoms with van der Waals surface area (Å²) in [6.45, 7) is 10.0. The summed E-state index contributed by atoms with van der Waals surface area (Å²) in [7, 11) is 0. The molecule has 6 heteroatoms. The van der Waals surface area contributed by atoms with Crippen LogP contribution in [0.25, 0.3) is 0 Å². The lowest BCUT2D eigenvalue weighted by Crippen LogP contribution is -2.38. The van der Waals surface area contributed by atoms with E-state index in [2.05, 4.69) is 24.5 Å². The molecule has 0 bridgehead atoms. The van der Waals surface area contributed by atoms with E-state index in [1.54, 1.807) is 18.2 Å². The van der Waals surface area contributed by atoms with Gasteiger partial charge in [-0.2, -0.15) is 0 Å². The van der Waals surface area contributed by atoms with Crippen LogP contribution in [0.1, 0.15) is 58.6 Å². The van der Waals surface area contributed by atoms with Gasteiger partial charge < -0.3 is 15.7 Å². The first kappa shape index (κ1) is 25.4. The SMILES string of the molecule is C/C(NC(C)(C)c1cccc(F)c1O)=C(\CCC(C)C)C(=O)NCCc1cccc(F)c1. The Kier molecular flexibility index (Phi) is 8.81. The number of rotatable bonds is 10. The van der Waals surface area contributed by atoms with E-state index >= 15 is 0 Å². The number of hydrogen-bond donors (Lipinski definition) is 3. The molecule has 0 aromatic heterocycles. The van der Waals surface area contributed by atoms with E-state index in [0.29, 0.717) is 42.1 Å². The topological polar surface area (TPSA) is 61.4 Å². The predicted molar refractivity (Wildman–Crippen MR) is 124 cm³/mol. The van der Waals surface area contributed by atoms with Crippen molar-refractivity contribution in [2.45, 2.75) is 59.4 Å². The van der Waals surface area contributed by atoms with Gasteiger partial charge in [0.05, 0.1) is 5.54 Å². The van der Waals surface area contributed by atoms with Crippen LogP contribution in [0.15, 0.2) is 53.7 Å². The molecular weight excluding hydrogens is 410 g/mol. The molecule has 1 amide bonds. The Morgan fingerprint density at radius 3 is 2.47 bits per heavy atom. The molecule has 0 atom stereocenters. The summed E-state index contributed by atoms with van der Waals surface area (Å²) in [5.41, 5.74) is 1.70. The zero-order chi connectivity index (χ0) is 23.9. The van der Waals surface area contributed by atoms with Gasteiger partial charge in [0.1, 0.15) is 5.82 Å². The van der Waals surface area contributed by atoms with Gasteiger partial charge >= 0.3 is 0 Å². The highest BCUT2D eigenvalue weighted by Crippen LogP contribution is 2.32. The molecule has 0 spiro atoms. The lowest BCUT2D eigenvalue weighted by atomic mass is 9.91. The fourth-order valence-corrected chi connectivity index (χ4v) is 3.66. The number of benzene rings is 2. The van der Waals surface area contributed by atoms with Gasteiger partial charge in [-0.15, -0.1) is 0 Å². The number of phenolic OH excluding ortho intramolecular Hbond substituents is 1. The van der Waals surface area contributed by atoms with E-state index < -0.39 is 17.1 Å². The van der Waals surface area contributed by atoms with E-state index in [1.807, 2.05) is 26.8 Å². The molecule has 0 aliphatic heterocycles. The Labute approximate surface area is 189 Å². The average Bonchev–Trinajstić information content (AvgIpc) is 2.69. The fraction of sp³-hybridized carbons (Fsp3) is 0.423. The van der Waals surface area contributed by atoms with Crippen LogP contribution in [-0.2, 0) is 16.8 Å². The highest BCUT2D eigenvalue weighted by molar-refractivity contribution is 5.94. The zero-order valence-corrected chi connectivity index (χ0v) is 19.6. The summed E-state index contributed by atoms with van der Waals surface area (Å²) in [4.78, 5) is 13.0. The molecule has 2 aromatic carbocycles. The first-order valence-electron chi connectivity index (χ1n) is 11.0. The Morgan fingerprint density at radius 2 is 1.81 bits per heavy atom. The number of para-hydroxylation sites is 1. The number of carbonyl (C=O) groups excluding carboxylic acids is 1. The fourth-order valence-electron chi connectivity index (χ4n) is 3.66. The minimum Gasteiger partial charge on any atom is -0.505 e. The standard InChI is InChI=1S/C26H34F2N2O2/c1-17(2)12-13-21(25(32)29-15-14-19-8-6-9-20(27)16-19)18(3)30-26(4,5)22-10-7-11-23(28)24(22)31/h6-11,16-17,30-31H,12-15H2,1-5H3,(H,29,32)/b21-18-. The number of nitrogens with one attached hydrogen (secondary N) is 2. The highest BCUT2D eigenvalue weighted by Gasteiger charge is 2.27. The van der Waals surface area contributed by atoms with Crippen LogP contribution in [0.2, 0.25) is 0 Å². The second kappa shape index (κ2) is 11.1. The van der Waals surface area contributed by atoms with Crippen molar-refractivity contribution in [2.24, 2.45) is 5.92 Å². The quantitative estimate of drug-likeness (QED) is 0.420. The Balaban J connectivity index is 2.18. The van der Waals surface area contributed by atoms with Gasteiger partial charge in [-0.25, -0.2) is 8.78 Å². The zero-order valence-electron chi connectivity index (χ0n) is 19.6. The van der Waals surface area contributed by atoms with Gasteiger partial charge in [0.25, 0.3) is 0 Å². The number of aromatic hydroxyl groups is 1. The normalized spacial score (nSPS) is 12.5. The minimum absolute atomic E-state index is 0.189. The van der Waals surface area contributed by atoms with E-state index in [4.69, 9.17) is 0 Å². The molecule has 0 saturated carbocycles. The molecule has 0 aliphatic carbocycles. The average molecular weight is 445 g/mol. The van der Waals surface area contributed by atoms with Crippen molar-refractivity contribution in [2.75, 3.05) is 6.54 Å². The molecule has 2 aromatic rings. The van der Waals surface area contributed by atoms with Crippen LogP contribution < -0.4 is 10.6 Å². The molecule has 2 rings (SSSR count). The Morgan fingerprint density at radius 1 is 1.12 bits per heavy atom. The summed E-state index contributed by atoms with van der Waals surface area (Å²) in [6.07, 6.45) is 1.93. The van der Waals surface area contributed by atoms with Gasteiger partial charge in [-0.1, -0.05) is 38.1 Å². The molecule has 0 radical (unpaired) electrons. The largest absolute Gasteiger partial charge is 0.505 e. The molecule has 0 saturated heterocycles. The predicted octanol–water partition coefficient (Wildman–Crippen LogP) is 5.56. The molecule has 32 heavy (non-hydrogen) atoms. The molecular formula is C26H34F2N2O2. The van der Waals surface area contributed by atoms with Crippen LogP contribution in [0.3, 0.4) is 0 Å². The molecule has 0 aliphatic rings. The smallest absolute Gasteiger partial charge is 0.248 e. The van der Waals surface area contributed by atoms with Crippen molar-refractivity contribution < 1.29 is 18.7 Å². The van der Waals surface area contributed by atoms with E-state index in [9.17, 15) is 18.7 Å². The monoisotopic (exact) mass is 444 g/mol. The van der Waals surface area contributed by atoms with Gasteiger partial charge in [-0.05, 0) is 69.7 Å². The van der Waals surface area contributed by atoms with Crippen LogP contribution in [0.4, 0.5) is 8.78 Å². The first-order chi connectivity index (χ1) is 15.0. The van der Waals surface area contributed by atoms with Gasteiger partial charge in [0.2, 0.25) is 5.91 Å². The maximum atomic E-state index is 13.9. The number of halogens is 2. The number of hydrogen-bond acceptors (Lipinski definition) is 3. The van der Waals surface area contributed by atoms with Gasteiger partial charge in [-0.3, -0.25) is 4.79 Å². The second-order valence-electron chi connectivity index (χ2n) is 9.06. The third kappa shape index (κ3) is 7.08. The summed E-state index contributed by atoms with van der Waals surface area (Å²) in [5, 5.41) is 16.4. The van der Waals surface area contributed by atoms with Crippen molar-refractivity contribution in [3.8, 4) is 5.75 Å². The highest BCUT2D eigenvalue weighted by atomic mass is 19.1. The number of phenols is 1. The molecule has 3 N–H and O–H groups in total. The molecule has 0 fully saturated rings. The van der Waals surface area contributed by atoms with Crippen molar-refractivity contribution in [1.29, 1.82) is 0 Å². The lowest BCUT2D eigenvalue weighted by molar-refractivity contribution is -0.117. The van der Waals surface area contributed by atoms with Crippen molar-refractivity contribution in [1.82, 2.24) is 10.6 Å². The number of amides is 1. The van der Waals surface area contributed by atoms with Crippen LogP contribution in [0, 0.1) is 17.6 Å². The van der Waals surface area contributed by atoms with E-state index in [0.717, 1.165) is 12.0 Å². The Hall–Kier alpha value is -2.89. The van der Waals surface area contributed by atoms with Gasteiger partial charge in [0, 0.05) is 23.4 Å². The second-order valence-corrected chi connectivity index (χ2v) is 9.06. The maximum absolute atomic E-state index is 13.9. The third-order valence-corrected chi connectivity index (χ3v) is 5.45. The minimum atomic E-state index is -0.804. The van der Waals surface area contributed by atoms with Crippen LogP contribution in [0.5, 0.6) is 5.75 Å². The summed E-state index contributed by atoms with van der Waals surface area (Å²) >= 11 is 0. The van der Waals surface area contributed by atoms with E-state index in [-0.39, 0.29) is 11.7 Å². The van der Waals surface area contributed by atoms with Crippen molar-refractivity contribution >= 4 is 5.91 Å². The van der Waals surface area contributed by atoms with Crippen LogP contribution in [-0.4, -0.2) is 17.6 Å². The van der Waals surface area contributed by atoms with Crippen molar-refractivity contribution in [3.63, 3.8) is 0 Å². The molecule has 0 heterocycles. The Bertz CT molecular complexity index is 968. The molecule has 174 valence electrons. The third-order valence-electron chi connectivity index (χ3n) is 5.45. The number of carbonyl (C=O) groups is 1. The summed E-state index contributed by atoms with van der Waals surface area (Å²) < 4.78 is 27.2. The van der Waals surface area contributed by atoms with Crippen LogP contribution >= 0.6 is 0 Å². The van der Waals surface area contributed by atoms with E-state index in [1.165, 1.54) is 18.2 Å². The molecule has 4 nitrogen and oxygen atoms in total. The lowest BCUT2D eigenvalue weighted by Gasteiger charge is -2.30. The molecule has 0 unspecified atom stereocenters. The number of allylic oxidation sites excluding steroid dienone is 1. The summed E-state index contributed by atoms with van der Waals surface area (Å²) in [5.74, 6) is -1.16. The van der Waals surface area contributed by atoms with Crippen molar-refractivity contribution in [3.05, 3.63) is 76.5 Å². The summed E-state index contributed by atoms with van der Waals surface area (Å²) in [6, 6.07) is 10.7.